The molecule has 0 aliphatic carbocycles. The van der Waals surface area contributed by atoms with Crippen molar-refractivity contribution in [1.82, 2.24) is 4.98 Å². The highest BCUT2D eigenvalue weighted by Gasteiger charge is 2.42. The Hall–Kier alpha value is -3.95. The summed E-state index contributed by atoms with van der Waals surface area (Å²) in [6.45, 7) is 4.11. The average Bonchev–Trinajstić information content (AvgIpc) is 2.81. The molecule has 10 heteroatoms. The van der Waals surface area contributed by atoms with Gasteiger partial charge >= 0.3 is 11.9 Å². The summed E-state index contributed by atoms with van der Waals surface area (Å²) in [4.78, 5) is 44.9. The molecule has 0 saturated heterocycles. The Morgan fingerprint density at radius 3 is 2.61 bits per heavy atom. The third kappa shape index (κ3) is 5.46. The highest BCUT2D eigenvalue weighted by atomic mass is 16.6. The number of ether oxygens (including phenoxy) is 2. The van der Waals surface area contributed by atoms with Crippen LogP contribution in [0.25, 0.3) is 0 Å². The molecular weight excluding hydrogens is 428 g/mol. The molecule has 1 unspecified atom stereocenters. The van der Waals surface area contributed by atoms with E-state index >= 15 is 0 Å². The number of hydrogen-bond acceptors (Lipinski definition) is 8. The molecule has 2 atom stereocenters. The van der Waals surface area contributed by atoms with E-state index in [2.05, 4.69) is 9.98 Å². The maximum absolute atomic E-state index is 13.1. The molecule has 0 N–H and O–H groups in total. The van der Waals surface area contributed by atoms with E-state index in [4.69, 9.17) is 9.47 Å². The number of aryl methyl sites for hydroxylation is 1. The van der Waals surface area contributed by atoms with Crippen molar-refractivity contribution in [3.63, 3.8) is 0 Å². The second-order valence-corrected chi connectivity index (χ2v) is 7.56. The number of allylic oxidation sites excluding steroid dienone is 1. The molecule has 10 nitrogen and oxygen atoms in total. The van der Waals surface area contributed by atoms with Gasteiger partial charge in [0.25, 0.3) is 5.69 Å². The number of aliphatic imine (C=N–C) groups is 1. The van der Waals surface area contributed by atoms with Crippen LogP contribution in [0.3, 0.4) is 0 Å². The molecule has 0 fully saturated rings. The number of nitrogens with zero attached hydrogens (tertiary/aromatic N) is 4. The minimum atomic E-state index is -0.907. The van der Waals surface area contributed by atoms with E-state index < -0.39 is 28.7 Å². The number of nitro benzene ring substituents is 1. The molecule has 0 saturated carbocycles. The summed E-state index contributed by atoms with van der Waals surface area (Å²) < 4.78 is 12.4. The maximum Gasteiger partial charge on any atom is 0.336 e. The van der Waals surface area contributed by atoms with Crippen LogP contribution in [0.15, 0.2) is 65.3 Å². The van der Waals surface area contributed by atoms with E-state index in [0.717, 1.165) is 0 Å². The second kappa shape index (κ2) is 10.6. The van der Waals surface area contributed by atoms with Crippen molar-refractivity contribution >= 4 is 23.3 Å². The van der Waals surface area contributed by atoms with Crippen LogP contribution in [-0.2, 0) is 25.6 Å². The lowest BCUT2D eigenvalue weighted by atomic mass is 9.75. The van der Waals surface area contributed by atoms with Crippen LogP contribution in [-0.4, -0.2) is 41.3 Å². The maximum atomic E-state index is 13.1. The second-order valence-electron chi connectivity index (χ2n) is 7.56. The fraction of sp³-hybridized carbons (Fsp3) is 0.348. The standard InChI is InChI=1S/C23H25N4O6/c1-15-19(22(28)32-3)21(17-6-4-7-18(14-17)27(30)31)20(16(2)25-15)23(29)33-13-5-10-26-11-8-24-9-12-26/h4,6-9,11-12,14,19,21H,5,10,13H2,1-3H3/q+1/t19?,21-/m0/s1. The van der Waals surface area contributed by atoms with Gasteiger partial charge in [-0.15, -0.1) is 0 Å². The van der Waals surface area contributed by atoms with Crippen LogP contribution in [0.2, 0.25) is 0 Å². The molecule has 2 aromatic rings. The third-order valence-electron chi connectivity index (χ3n) is 5.43. The summed E-state index contributed by atoms with van der Waals surface area (Å²) >= 11 is 0. The van der Waals surface area contributed by atoms with E-state index in [1.807, 2.05) is 17.0 Å². The number of nitro groups is 1. The van der Waals surface area contributed by atoms with Gasteiger partial charge in [0.1, 0.15) is 5.92 Å². The molecular formula is C23H25N4O6+. The van der Waals surface area contributed by atoms with Gasteiger partial charge in [0.15, 0.2) is 18.9 Å². The minimum absolute atomic E-state index is 0.143. The quantitative estimate of drug-likeness (QED) is 0.198. The van der Waals surface area contributed by atoms with E-state index in [9.17, 15) is 19.7 Å². The number of methoxy groups -OCH3 is 1. The van der Waals surface area contributed by atoms with Gasteiger partial charge in [-0.3, -0.25) is 24.9 Å². The average molecular weight is 453 g/mol. The first-order chi connectivity index (χ1) is 15.8. The van der Waals surface area contributed by atoms with Crippen molar-refractivity contribution in [1.29, 1.82) is 0 Å². The Bertz CT molecular complexity index is 1110. The topological polar surface area (TPSA) is 125 Å². The van der Waals surface area contributed by atoms with Crippen molar-refractivity contribution in [3.8, 4) is 0 Å². The van der Waals surface area contributed by atoms with Gasteiger partial charge in [-0.2, -0.15) is 0 Å². The summed E-state index contributed by atoms with van der Waals surface area (Å²) in [7, 11) is 1.25. The largest absolute Gasteiger partial charge is 0.468 e. The first-order valence-electron chi connectivity index (χ1n) is 10.4. The third-order valence-corrected chi connectivity index (χ3v) is 5.43. The smallest absolute Gasteiger partial charge is 0.336 e. The van der Waals surface area contributed by atoms with E-state index in [-0.39, 0.29) is 17.9 Å². The first-order valence-corrected chi connectivity index (χ1v) is 10.4. The van der Waals surface area contributed by atoms with Gasteiger partial charge in [0.05, 0.1) is 36.6 Å². The van der Waals surface area contributed by atoms with Gasteiger partial charge in [-0.05, 0) is 19.4 Å². The number of aromatic nitrogens is 2. The van der Waals surface area contributed by atoms with Crippen LogP contribution in [0.1, 0.15) is 31.7 Å². The van der Waals surface area contributed by atoms with E-state index in [1.165, 1.54) is 25.3 Å². The van der Waals surface area contributed by atoms with Crippen molar-refractivity contribution < 1.29 is 28.6 Å². The lowest BCUT2D eigenvalue weighted by Crippen LogP contribution is -2.36. The van der Waals surface area contributed by atoms with Gasteiger partial charge in [-0.25, -0.2) is 9.36 Å². The summed E-state index contributed by atoms with van der Waals surface area (Å²) in [5.74, 6) is -2.93. The van der Waals surface area contributed by atoms with Crippen LogP contribution >= 0.6 is 0 Å². The van der Waals surface area contributed by atoms with Crippen molar-refractivity contribution in [3.05, 3.63) is 76.0 Å². The Morgan fingerprint density at radius 1 is 1.21 bits per heavy atom. The van der Waals surface area contributed by atoms with Crippen molar-refractivity contribution in [2.45, 2.75) is 32.7 Å². The van der Waals surface area contributed by atoms with Crippen molar-refractivity contribution in [2.24, 2.45) is 10.9 Å². The molecule has 1 aliphatic rings. The number of benzene rings is 1. The summed E-state index contributed by atoms with van der Waals surface area (Å²) in [5, 5.41) is 11.3. The highest BCUT2D eigenvalue weighted by molar-refractivity contribution is 6.07. The molecule has 33 heavy (non-hydrogen) atoms. The van der Waals surface area contributed by atoms with Gasteiger partial charge in [0, 0.05) is 35.9 Å². The fourth-order valence-corrected chi connectivity index (χ4v) is 3.91. The zero-order valence-corrected chi connectivity index (χ0v) is 18.6. The molecule has 3 rings (SSSR count). The number of non-ortho nitro benzene ring substituents is 1. The normalized spacial score (nSPS) is 17.8. The molecule has 0 bridgehead atoms. The fourth-order valence-electron chi connectivity index (χ4n) is 3.91. The SMILES string of the molecule is COC(=O)C1C(C)=NC(C)=C(C(=O)OCCC[n+]2ccncc2)[C@H]1c1cccc([N+](=O)[O-])c1. The molecule has 0 spiro atoms. The summed E-state index contributed by atoms with van der Waals surface area (Å²) in [5.41, 5.74) is 1.34. The van der Waals surface area contributed by atoms with Gasteiger partial charge in [0.2, 0.25) is 0 Å². The van der Waals surface area contributed by atoms with Crippen molar-refractivity contribution in [2.75, 3.05) is 13.7 Å². The van der Waals surface area contributed by atoms with Crippen LogP contribution in [0, 0.1) is 16.0 Å². The lowest BCUT2D eigenvalue weighted by Gasteiger charge is -2.31. The molecule has 1 aliphatic heterocycles. The molecule has 1 aromatic carbocycles. The van der Waals surface area contributed by atoms with Crippen LogP contribution in [0.4, 0.5) is 5.69 Å². The van der Waals surface area contributed by atoms with Crippen LogP contribution < -0.4 is 4.57 Å². The van der Waals surface area contributed by atoms with Crippen LogP contribution in [0.5, 0.6) is 0 Å². The number of rotatable bonds is 8. The molecule has 1 aromatic heterocycles. The molecule has 172 valence electrons. The molecule has 0 radical (unpaired) electrons. The minimum Gasteiger partial charge on any atom is -0.468 e. The number of esters is 2. The molecule has 2 heterocycles. The predicted octanol–water partition coefficient (Wildman–Crippen LogP) is 2.53. The van der Waals surface area contributed by atoms with Gasteiger partial charge in [-0.1, -0.05) is 12.1 Å². The highest BCUT2D eigenvalue weighted by Crippen LogP contribution is 2.40. The summed E-state index contributed by atoms with van der Waals surface area (Å²) in [6, 6.07) is 5.88. The first kappa shape index (κ1) is 23.7. The number of hydrogen-bond donors (Lipinski definition) is 0. The Balaban J connectivity index is 1.89. The Morgan fingerprint density at radius 2 is 1.94 bits per heavy atom. The number of carbonyl (C=O) groups excluding carboxylic acids is 2. The van der Waals surface area contributed by atoms with E-state index in [0.29, 0.717) is 29.9 Å². The zero-order chi connectivity index (χ0) is 24.0. The Labute approximate surface area is 190 Å². The summed E-state index contributed by atoms with van der Waals surface area (Å²) in [6.07, 6.45) is 7.52. The monoisotopic (exact) mass is 453 g/mol. The Kier molecular flexibility index (Phi) is 7.60. The lowest BCUT2D eigenvalue weighted by molar-refractivity contribution is -0.698. The van der Waals surface area contributed by atoms with Gasteiger partial charge < -0.3 is 9.47 Å². The predicted molar refractivity (Wildman–Crippen MR) is 117 cm³/mol. The molecule has 0 amide bonds. The number of carbonyl (C=O) groups is 2. The zero-order valence-electron chi connectivity index (χ0n) is 18.6. The van der Waals surface area contributed by atoms with E-state index in [1.54, 1.807) is 32.3 Å².